The van der Waals surface area contributed by atoms with Crippen LogP contribution in [-0.4, -0.2) is 11.0 Å². The van der Waals surface area contributed by atoms with Gasteiger partial charge in [0.15, 0.2) is 0 Å². The van der Waals surface area contributed by atoms with Crippen molar-refractivity contribution < 1.29 is 9.90 Å². The number of phenolic OH excluding ortho intramolecular Hbond substituents is 1. The number of anilines is 3. The number of phenols is 1. The molecule has 0 aromatic heterocycles. The van der Waals surface area contributed by atoms with Gasteiger partial charge in [0.1, 0.15) is 5.75 Å². The number of benzene rings is 2. The van der Waals surface area contributed by atoms with Crippen molar-refractivity contribution >= 4 is 23.0 Å². The molecular weight excluding hydrogens is 228 g/mol. The summed E-state index contributed by atoms with van der Waals surface area (Å²) in [4.78, 5) is 10.9. The molecule has 91 valence electrons. The van der Waals surface area contributed by atoms with Crippen molar-refractivity contribution in [1.82, 2.24) is 0 Å². The molecule has 18 heavy (non-hydrogen) atoms. The summed E-state index contributed by atoms with van der Waals surface area (Å²) in [7, 11) is 0. The molecule has 2 aromatic carbocycles. The Morgan fingerprint density at radius 1 is 1.17 bits per heavy atom. The number of rotatable bonds is 3. The maximum absolute atomic E-state index is 10.9. The van der Waals surface area contributed by atoms with Gasteiger partial charge in [0.25, 0.3) is 0 Å². The predicted molar refractivity (Wildman–Crippen MR) is 71.0 cm³/mol. The first-order chi connectivity index (χ1) is 8.65. The van der Waals surface area contributed by atoms with Crippen LogP contribution in [0.2, 0.25) is 0 Å². The summed E-state index contributed by atoms with van der Waals surface area (Å²) in [5.74, 6) is 0.0374. The van der Waals surface area contributed by atoms with Crippen molar-refractivity contribution in [3.63, 3.8) is 0 Å². The monoisotopic (exact) mass is 241 g/mol. The van der Waals surface area contributed by atoms with Gasteiger partial charge in [0, 0.05) is 18.3 Å². The molecule has 0 fully saturated rings. The summed E-state index contributed by atoms with van der Waals surface area (Å²) >= 11 is 0. The number of aromatic hydroxyl groups is 1. The van der Waals surface area contributed by atoms with Gasteiger partial charge in [-0.1, -0.05) is 6.07 Å². The fourth-order valence-corrected chi connectivity index (χ4v) is 1.52. The molecule has 0 heterocycles. The highest BCUT2D eigenvalue weighted by Crippen LogP contribution is 2.26. The number of carbonyl (C=O) groups excluding carboxylic acids is 1. The van der Waals surface area contributed by atoms with Gasteiger partial charge in [0.05, 0.1) is 5.69 Å². The first-order valence-corrected chi connectivity index (χ1v) is 5.49. The number of carbonyl (C=O) groups is 1. The average molecular weight is 241 g/mol. The van der Waals surface area contributed by atoms with Crippen LogP contribution in [-0.2, 0) is 4.79 Å². The smallest absolute Gasteiger partial charge is 0.221 e. The molecule has 4 heteroatoms. The molecule has 1 amide bonds. The maximum Gasteiger partial charge on any atom is 0.221 e. The van der Waals surface area contributed by atoms with Crippen molar-refractivity contribution in [2.45, 2.75) is 6.92 Å². The lowest BCUT2D eigenvalue weighted by Crippen LogP contribution is -2.05. The third-order valence-electron chi connectivity index (χ3n) is 2.33. The molecule has 2 rings (SSSR count). The second-order valence-corrected chi connectivity index (χ2v) is 3.83. The number of nitrogens with one attached hydrogen (secondary N) is 2. The van der Waals surface area contributed by atoms with Crippen LogP contribution < -0.4 is 10.6 Å². The lowest BCUT2D eigenvalue weighted by molar-refractivity contribution is -0.114. The lowest BCUT2D eigenvalue weighted by Gasteiger charge is -2.09. The second kappa shape index (κ2) is 5.23. The van der Waals surface area contributed by atoms with E-state index < -0.39 is 0 Å². The van der Waals surface area contributed by atoms with E-state index in [9.17, 15) is 9.90 Å². The van der Waals surface area contributed by atoms with Crippen LogP contribution in [0.3, 0.4) is 0 Å². The molecule has 0 atom stereocenters. The molecule has 0 aliphatic carbocycles. The Labute approximate surface area is 105 Å². The van der Waals surface area contributed by atoms with Crippen LogP contribution in [0, 0.1) is 6.07 Å². The standard InChI is InChI=1S/C14H13N2O2/c1-10(17)15-11-6-8-12(9-7-11)16-13-4-2-3-5-14(13)18/h2,4-9,16,18H,1H3,(H,15,17). The Bertz CT molecular complexity index is 550. The minimum absolute atomic E-state index is 0.105. The first-order valence-electron chi connectivity index (χ1n) is 5.49. The van der Waals surface area contributed by atoms with Crippen molar-refractivity contribution in [3.8, 4) is 5.75 Å². The average Bonchev–Trinajstić information content (AvgIpc) is 2.34. The third-order valence-corrected chi connectivity index (χ3v) is 2.33. The molecule has 1 radical (unpaired) electrons. The van der Waals surface area contributed by atoms with Crippen molar-refractivity contribution in [3.05, 3.63) is 48.5 Å². The Kier molecular flexibility index (Phi) is 3.48. The van der Waals surface area contributed by atoms with Crippen molar-refractivity contribution in [2.24, 2.45) is 0 Å². The zero-order chi connectivity index (χ0) is 13.0. The van der Waals surface area contributed by atoms with Crippen LogP contribution in [0.5, 0.6) is 5.75 Å². The molecule has 0 spiro atoms. The summed E-state index contributed by atoms with van der Waals surface area (Å²) in [5, 5.41) is 15.4. The topological polar surface area (TPSA) is 61.4 Å². The van der Waals surface area contributed by atoms with Gasteiger partial charge in [-0.05, 0) is 42.5 Å². The van der Waals surface area contributed by atoms with Crippen molar-refractivity contribution in [2.75, 3.05) is 10.6 Å². The van der Waals surface area contributed by atoms with Gasteiger partial charge < -0.3 is 15.7 Å². The molecular formula is C14H13N2O2. The fourth-order valence-electron chi connectivity index (χ4n) is 1.52. The molecule has 4 nitrogen and oxygen atoms in total. The number of hydrogen-bond acceptors (Lipinski definition) is 3. The predicted octanol–water partition coefficient (Wildman–Crippen LogP) is 2.89. The molecule has 0 bridgehead atoms. The largest absolute Gasteiger partial charge is 0.506 e. The van der Waals surface area contributed by atoms with E-state index in [0.717, 1.165) is 11.4 Å². The SMILES string of the molecule is CC(=O)Nc1ccc(Nc2cc[c]cc2O)cc1. The quantitative estimate of drug-likeness (QED) is 0.724. The van der Waals surface area contributed by atoms with Gasteiger partial charge in [-0.2, -0.15) is 0 Å². The van der Waals surface area contributed by atoms with E-state index >= 15 is 0 Å². The van der Waals surface area contributed by atoms with E-state index in [4.69, 9.17) is 0 Å². The van der Waals surface area contributed by atoms with Crippen LogP contribution in [0.4, 0.5) is 17.1 Å². The highest BCUT2D eigenvalue weighted by molar-refractivity contribution is 5.88. The van der Waals surface area contributed by atoms with Gasteiger partial charge in [-0.15, -0.1) is 0 Å². The molecule has 0 saturated carbocycles. The first kappa shape index (κ1) is 12.0. The van der Waals surface area contributed by atoms with Crippen LogP contribution in [0.15, 0.2) is 42.5 Å². The summed E-state index contributed by atoms with van der Waals surface area (Å²) in [6, 6.07) is 14.9. The van der Waals surface area contributed by atoms with E-state index in [0.29, 0.717) is 5.69 Å². The Hall–Kier alpha value is -2.49. The molecule has 3 N–H and O–H groups in total. The molecule has 0 saturated heterocycles. The number of hydrogen-bond donors (Lipinski definition) is 3. The molecule has 2 aromatic rings. The van der Waals surface area contributed by atoms with Crippen LogP contribution in [0.1, 0.15) is 6.92 Å². The highest BCUT2D eigenvalue weighted by Gasteiger charge is 2.00. The van der Waals surface area contributed by atoms with E-state index in [1.54, 1.807) is 24.3 Å². The Morgan fingerprint density at radius 3 is 2.44 bits per heavy atom. The minimum Gasteiger partial charge on any atom is -0.506 e. The van der Waals surface area contributed by atoms with E-state index in [-0.39, 0.29) is 11.7 Å². The van der Waals surface area contributed by atoms with E-state index in [1.807, 2.05) is 12.1 Å². The third kappa shape index (κ3) is 3.01. The van der Waals surface area contributed by atoms with E-state index in [2.05, 4.69) is 16.7 Å². The molecule has 0 unspecified atom stereocenters. The van der Waals surface area contributed by atoms with E-state index in [1.165, 1.54) is 13.0 Å². The van der Waals surface area contributed by atoms with Gasteiger partial charge >= 0.3 is 0 Å². The summed E-state index contributed by atoms with van der Waals surface area (Å²) in [6.07, 6.45) is 0. The summed E-state index contributed by atoms with van der Waals surface area (Å²) in [6.45, 7) is 1.46. The maximum atomic E-state index is 10.9. The summed E-state index contributed by atoms with van der Waals surface area (Å²) in [5.41, 5.74) is 2.17. The minimum atomic E-state index is -0.105. The zero-order valence-corrected chi connectivity index (χ0v) is 9.90. The zero-order valence-electron chi connectivity index (χ0n) is 9.90. The molecule has 0 aliphatic rings. The second-order valence-electron chi connectivity index (χ2n) is 3.83. The van der Waals surface area contributed by atoms with Crippen molar-refractivity contribution in [1.29, 1.82) is 0 Å². The number of amides is 1. The Balaban J connectivity index is 2.11. The van der Waals surface area contributed by atoms with Crippen LogP contribution in [0.25, 0.3) is 0 Å². The highest BCUT2D eigenvalue weighted by atomic mass is 16.3. The molecule has 0 aliphatic heterocycles. The van der Waals surface area contributed by atoms with Crippen LogP contribution >= 0.6 is 0 Å². The fraction of sp³-hybridized carbons (Fsp3) is 0.0714. The van der Waals surface area contributed by atoms with Gasteiger partial charge in [-0.25, -0.2) is 0 Å². The summed E-state index contributed by atoms with van der Waals surface area (Å²) < 4.78 is 0. The van der Waals surface area contributed by atoms with Gasteiger partial charge in [-0.3, -0.25) is 4.79 Å². The Morgan fingerprint density at radius 2 is 1.83 bits per heavy atom. The normalized spacial score (nSPS) is 9.83. The lowest BCUT2D eigenvalue weighted by atomic mass is 10.2. The van der Waals surface area contributed by atoms with Gasteiger partial charge in [0.2, 0.25) is 5.91 Å².